The fraction of sp³-hybridized carbons (Fsp3) is 0.133. The van der Waals surface area contributed by atoms with Gasteiger partial charge in [-0.3, -0.25) is 4.79 Å². The number of hydrogen-bond acceptors (Lipinski definition) is 6. The average molecular weight is 593 g/mol. The van der Waals surface area contributed by atoms with Crippen LogP contribution in [0.25, 0.3) is 0 Å². The number of benzene rings is 4. The predicted octanol–water partition coefficient (Wildman–Crippen LogP) is 6.53. The molecule has 1 N–H and O–H groups in total. The molecule has 0 saturated heterocycles. The first-order valence-corrected chi connectivity index (χ1v) is 12.7. The maximum absolute atomic E-state index is 13.5. The standard InChI is InChI=1S/C30H26BrFN2O5/c1-36-27-16-23(11-12-26(27)38-18-20-7-4-3-5-8-20)30(35)34-33-17-22-14-25(31)29(28(15-22)37-2)39-19-21-9-6-10-24(32)13-21/h3-17H,18-19H2,1-2H3,(H,34,35)/b33-17+. The smallest absolute Gasteiger partial charge is 0.271 e. The van der Waals surface area contributed by atoms with Crippen molar-refractivity contribution < 1.29 is 28.1 Å². The highest BCUT2D eigenvalue weighted by Crippen LogP contribution is 2.37. The Morgan fingerprint density at radius 2 is 1.59 bits per heavy atom. The summed E-state index contributed by atoms with van der Waals surface area (Å²) in [5.41, 5.74) is 5.22. The van der Waals surface area contributed by atoms with Crippen LogP contribution in [0, 0.1) is 5.82 Å². The fourth-order valence-electron chi connectivity index (χ4n) is 3.63. The van der Waals surface area contributed by atoms with Crippen LogP contribution < -0.4 is 24.4 Å². The van der Waals surface area contributed by atoms with E-state index in [1.807, 2.05) is 30.3 Å². The molecule has 0 saturated carbocycles. The van der Waals surface area contributed by atoms with Gasteiger partial charge in [0.2, 0.25) is 0 Å². The highest BCUT2D eigenvalue weighted by molar-refractivity contribution is 9.10. The molecule has 0 spiro atoms. The monoisotopic (exact) mass is 592 g/mol. The number of hydrogen-bond donors (Lipinski definition) is 1. The SMILES string of the molecule is COc1cc(C(=O)N/N=C/c2cc(Br)c(OCc3cccc(F)c3)c(OC)c2)ccc1OCc1ccccc1. The number of amides is 1. The van der Waals surface area contributed by atoms with Crippen molar-refractivity contribution in [3.8, 4) is 23.0 Å². The van der Waals surface area contributed by atoms with E-state index >= 15 is 0 Å². The molecular weight excluding hydrogens is 567 g/mol. The molecule has 0 aromatic heterocycles. The first kappa shape index (κ1) is 27.7. The van der Waals surface area contributed by atoms with E-state index in [9.17, 15) is 9.18 Å². The summed E-state index contributed by atoms with van der Waals surface area (Å²) in [4.78, 5) is 12.7. The van der Waals surface area contributed by atoms with Gasteiger partial charge in [0, 0.05) is 5.56 Å². The minimum absolute atomic E-state index is 0.162. The number of carbonyl (C=O) groups is 1. The predicted molar refractivity (Wildman–Crippen MR) is 150 cm³/mol. The Morgan fingerprint density at radius 3 is 2.33 bits per heavy atom. The van der Waals surface area contributed by atoms with Crippen molar-refractivity contribution in [1.82, 2.24) is 5.43 Å². The van der Waals surface area contributed by atoms with E-state index < -0.39 is 5.91 Å². The lowest BCUT2D eigenvalue weighted by Gasteiger charge is -2.13. The van der Waals surface area contributed by atoms with Crippen molar-refractivity contribution in [2.24, 2.45) is 5.10 Å². The number of rotatable bonds is 11. The molecule has 1 amide bonds. The van der Waals surface area contributed by atoms with Gasteiger partial charge < -0.3 is 18.9 Å². The number of hydrazone groups is 1. The molecule has 39 heavy (non-hydrogen) atoms. The van der Waals surface area contributed by atoms with Gasteiger partial charge >= 0.3 is 0 Å². The molecule has 4 aromatic carbocycles. The zero-order valence-corrected chi connectivity index (χ0v) is 22.9. The zero-order valence-electron chi connectivity index (χ0n) is 21.3. The molecule has 4 aromatic rings. The van der Waals surface area contributed by atoms with Crippen LogP contribution in [0.1, 0.15) is 27.0 Å². The summed E-state index contributed by atoms with van der Waals surface area (Å²) in [7, 11) is 3.03. The summed E-state index contributed by atoms with van der Waals surface area (Å²) in [6.45, 7) is 0.538. The van der Waals surface area contributed by atoms with E-state index in [4.69, 9.17) is 18.9 Å². The molecule has 0 heterocycles. The molecule has 0 fully saturated rings. The minimum atomic E-state index is -0.416. The maximum Gasteiger partial charge on any atom is 0.271 e. The van der Waals surface area contributed by atoms with Crippen molar-refractivity contribution in [3.05, 3.63) is 117 Å². The number of carbonyl (C=O) groups excluding carboxylic acids is 1. The van der Waals surface area contributed by atoms with Gasteiger partial charge in [0.15, 0.2) is 23.0 Å². The lowest BCUT2D eigenvalue weighted by atomic mass is 10.2. The molecule has 9 heteroatoms. The van der Waals surface area contributed by atoms with Crippen LogP contribution in [0.2, 0.25) is 0 Å². The number of ether oxygens (including phenoxy) is 4. The molecule has 0 radical (unpaired) electrons. The number of nitrogens with one attached hydrogen (secondary N) is 1. The molecule has 0 bridgehead atoms. The van der Waals surface area contributed by atoms with Gasteiger partial charge in [-0.1, -0.05) is 42.5 Å². The second-order valence-electron chi connectivity index (χ2n) is 8.29. The third-order valence-corrected chi connectivity index (χ3v) is 6.16. The zero-order chi connectivity index (χ0) is 27.6. The molecule has 0 aliphatic carbocycles. The lowest BCUT2D eigenvalue weighted by Crippen LogP contribution is -2.17. The average Bonchev–Trinajstić information content (AvgIpc) is 2.95. The first-order chi connectivity index (χ1) is 19.0. The summed E-state index contributed by atoms with van der Waals surface area (Å²) in [6.07, 6.45) is 1.48. The topological polar surface area (TPSA) is 78.4 Å². The van der Waals surface area contributed by atoms with Crippen LogP contribution in [0.4, 0.5) is 4.39 Å². The Labute approximate surface area is 234 Å². The fourth-order valence-corrected chi connectivity index (χ4v) is 4.20. The molecular formula is C30H26BrFN2O5. The second-order valence-corrected chi connectivity index (χ2v) is 9.15. The van der Waals surface area contributed by atoms with Crippen LogP contribution in [0.3, 0.4) is 0 Å². The first-order valence-electron chi connectivity index (χ1n) is 11.9. The van der Waals surface area contributed by atoms with Gasteiger partial charge in [-0.15, -0.1) is 0 Å². The van der Waals surface area contributed by atoms with Crippen LogP contribution in [0.5, 0.6) is 23.0 Å². The van der Waals surface area contributed by atoms with Crippen LogP contribution >= 0.6 is 15.9 Å². The van der Waals surface area contributed by atoms with Crippen LogP contribution in [-0.4, -0.2) is 26.3 Å². The molecule has 200 valence electrons. The summed E-state index contributed by atoms with van der Waals surface area (Å²) in [6, 6.07) is 24.3. The van der Waals surface area contributed by atoms with Crippen molar-refractivity contribution in [2.45, 2.75) is 13.2 Å². The molecule has 7 nitrogen and oxygen atoms in total. The van der Waals surface area contributed by atoms with E-state index in [0.717, 1.165) is 5.56 Å². The van der Waals surface area contributed by atoms with Gasteiger partial charge in [-0.2, -0.15) is 5.10 Å². The normalized spacial score (nSPS) is 10.8. The summed E-state index contributed by atoms with van der Waals surface area (Å²) in [5.74, 6) is 1.12. The Balaban J connectivity index is 1.39. The Kier molecular flexibility index (Phi) is 9.53. The molecule has 0 aliphatic rings. The number of halogens is 2. The van der Waals surface area contributed by atoms with Crippen LogP contribution in [0.15, 0.2) is 94.5 Å². The van der Waals surface area contributed by atoms with Crippen molar-refractivity contribution in [1.29, 1.82) is 0 Å². The van der Waals surface area contributed by atoms with Crippen LogP contribution in [-0.2, 0) is 13.2 Å². The van der Waals surface area contributed by atoms with E-state index in [1.54, 1.807) is 42.5 Å². The lowest BCUT2D eigenvalue weighted by molar-refractivity contribution is 0.0954. The molecule has 4 rings (SSSR count). The maximum atomic E-state index is 13.5. The second kappa shape index (κ2) is 13.4. The molecule has 0 aliphatic heterocycles. The van der Waals surface area contributed by atoms with E-state index in [0.29, 0.717) is 50.8 Å². The van der Waals surface area contributed by atoms with E-state index in [-0.39, 0.29) is 12.4 Å². The van der Waals surface area contributed by atoms with Gasteiger partial charge in [-0.05, 0) is 75.1 Å². The van der Waals surface area contributed by atoms with Gasteiger partial charge in [-0.25, -0.2) is 9.82 Å². The summed E-state index contributed by atoms with van der Waals surface area (Å²) in [5, 5.41) is 4.07. The van der Waals surface area contributed by atoms with E-state index in [1.165, 1.54) is 32.6 Å². The third kappa shape index (κ3) is 7.58. The Hall–Kier alpha value is -4.37. The minimum Gasteiger partial charge on any atom is -0.493 e. The molecule has 0 unspecified atom stereocenters. The van der Waals surface area contributed by atoms with Gasteiger partial charge in [0.1, 0.15) is 19.0 Å². The largest absolute Gasteiger partial charge is 0.493 e. The summed E-state index contributed by atoms with van der Waals surface area (Å²) >= 11 is 3.48. The van der Waals surface area contributed by atoms with Gasteiger partial charge in [0.25, 0.3) is 5.91 Å². The Morgan fingerprint density at radius 1 is 0.846 bits per heavy atom. The number of nitrogens with zero attached hydrogens (tertiary/aromatic N) is 1. The van der Waals surface area contributed by atoms with Crippen molar-refractivity contribution >= 4 is 28.1 Å². The Bertz CT molecular complexity index is 1460. The quantitative estimate of drug-likeness (QED) is 0.158. The highest BCUT2D eigenvalue weighted by Gasteiger charge is 2.13. The summed E-state index contributed by atoms with van der Waals surface area (Å²) < 4.78 is 36.6. The number of methoxy groups -OCH3 is 2. The van der Waals surface area contributed by atoms with E-state index in [2.05, 4.69) is 26.5 Å². The third-order valence-electron chi connectivity index (χ3n) is 5.57. The van der Waals surface area contributed by atoms with Gasteiger partial charge in [0.05, 0.1) is 24.9 Å². The molecule has 0 atom stereocenters. The van der Waals surface area contributed by atoms with Crippen molar-refractivity contribution in [2.75, 3.05) is 14.2 Å². The highest BCUT2D eigenvalue weighted by atomic mass is 79.9. The van der Waals surface area contributed by atoms with Crippen molar-refractivity contribution in [3.63, 3.8) is 0 Å².